The molecule has 1 aromatic rings. The number of ether oxygens (including phenoxy) is 2. The minimum Gasteiger partial charge on any atom is -0.506 e. The molecule has 1 N–H and O–H groups in total. The number of esters is 2. The number of hydrogen-bond donors (Lipinski definition) is 1. The Morgan fingerprint density at radius 3 is 1.63 bits per heavy atom. The van der Waals surface area contributed by atoms with E-state index in [1.54, 1.807) is 19.1 Å². The predicted molar refractivity (Wildman–Crippen MR) is 211 cm³/mol. The number of aromatic nitrogens is 1. The molecule has 3 rings (SSSR count). The zero-order valence-corrected chi connectivity index (χ0v) is 33.1. The largest absolute Gasteiger partial charge is 0.506 e. The topological polar surface area (TPSA) is 136 Å². The molecule has 298 valence electrons. The molecule has 0 saturated carbocycles. The Labute approximate surface area is 322 Å². The average Bonchev–Trinajstić information content (AvgIpc) is 3.57. The second kappa shape index (κ2) is 25.7. The van der Waals surface area contributed by atoms with Crippen molar-refractivity contribution in [1.82, 2.24) is 10.1 Å². The van der Waals surface area contributed by atoms with Crippen LogP contribution in [0.3, 0.4) is 0 Å². The lowest BCUT2D eigenvalue weighted by Gasteiger charge is -2.26. The zero-order valence-electron chi connectivity index (χ0n) is 33.1. The molecular formula is C44H64N2O8. The van der Waals surface area contributed by atoms with Crippen LogP contribution < -0.4 is 0 Å². The summed E-state index contributed by atoms with van der Waals surface area (Å²) in [5, 5.41) is 14.5. The van der Waals surface area contributed by atoms with Crippen molar-refractivity contribution in [1.29, 1.82) is 0 Å². The van der Waals surface area contributed by atoms with Gasteiger partial charge in [0.05, 0.1) is 30.1 Å². The summed E-state index contributed by atoms with van der Waals surface area (Å²) in [5.74, 6) is -1.89. The van der Waals surface area contributed by atoms with E-state index < -0.39 is 23.5 Å². The van der Waals surface area contributed by atoms with Gasteiger partial charge < -0.3 is 24.0 Å². The van der Waals surface area contributed by atoms with Crippen molar-refractivity contribution in [2.45, 2.75) is 149 Å². The fourth-order valence-electron chi connectivity index (χ4n) is 6.56. The van der Waals surface area contributed by atoms with Gasteiger partial charge in [-0.25, -0.2) is 0 Å². The first-order valence-corrected chi connectivity index (χ1v) is 20.6. The first-order valence-electron chi connectivity index (χ1n) is 20.6. The van der Waals surface area contributed by atoms with E-state index in [4.69, 9.17) is 14.0 Å². The summed E-state index contributed by atoms with van der Waals surface area (Å²) in [4.78, 5) is 53.5. The van der Waals surface area contributed by atoms with E-state index in [0.29, 0.717) is 17.2 Å². The van der Waals surface area contributed by atoms with Crippen molar-refractivity contribution in [3.63, 3.8) is 0 Å². The third-order valence-corrected chi connectivity index (χ3v) is 9.79. The number of aryl methyl sites for hydroxylation is 1. The van der Waals surface area contributed by atoms with E-state index in [2.05, 4.69) is 19.0 Å². The van der Waals surface area contributed by atoms with E-state index in [1.807, 2.05) is 0 Å². The van der Waals surface area contributed by atoms with Crippen molar-refractivity contribution in [2.75, 3.05) is 26.3 Å². The van der Waals surface area contributed by atoms with Gasteiger partial charge >= 0.3 is 11.9 Å². The van der Waals surface area contributed by atoms with Crippen LogP contribution in [-0.2, 0) is 28.7 Å². The van der Waals surface area contributed by atoms with Crippen molar-refractivity contribution < 1.29 is 38.3 Å². The zero-order chi connectivity index (χ0) is 39.0. The monoisotopic (exact) mass is 748 g/mol. The highest BCUT2D eigenvalue weighted by Crippen LogP contribution is 2.34. The molecule has 0 amide bonds. The van der Waals surface area contributed by atoms with Crippen LogP contribution >= 0.6 is 0 Å². The number of unbranched alkanes of at least 4 members (excludes halogenated alkanes) is 18. The molecule has 10 nitrogen and oxygen atoms in total. The van der Waals surface area contributed by atoms with Crippen LogP contribution in [0, 0.1) is 6.92 Å². The van der Waals surface area contributed by atoms with Crippen LogP contribution in [-0.4, -0.2) is 65.0 Å². The lowest BCUT2D eigenvalue weighted by Crippen LogP contribution is -2.36. The van der Waals surface area contributed by atoms with Gasteiger partial charge in [-0.2, -0.15) is 0 Å². The Balaban J connectivity index is 1.53. The minimum atomic E-state index is -0.529. The number of hydrogen-bond acceptors (Lipinski definition) is 10. The molecule has 0 spiro atoms. The summed E-state index contributed by atoms with van der Waals surface area (Å²) in [6.07, 6.45) is 30.6. The molecule has 0 saturated heterocycles. The molecule has 0 aliphatic heterocycles. The van der Waals surface area contributed by atoms with Gasteiger partial charge in [0.25, 0.3) is 0 Å². The number of carbonyl (C=O) groups excluding carboxylic acids is 4. The quantitative estimate of drug-likeness (QED) is 0.0479. The Bertz CT molecular complexity index is 1470. The Morgan fingerprint density at radius 2 is 1.20 bits per heavy atom. The maximum absolute atomic E-state index is 13.3. The van der Waals surface area contributed by atoms with Crippen LogP contribution in [0.5, 0.6) is 0 Å². The number of Topliss-reactive ketones (excluding diaryl/α,β-unsaturated/α-hetero) is 1. The van der Waals surface area contributed by atoms with Crippen LogP contribution in [0.2, 0.25) is 0 Å². The normalized spacial score (nSPS) is 15.6. The van der Waals surface area contributed by atoms with Crippen LogP contribution in [0.1, 0.15) is 154 Å². The van der Waals surface area contributed by atoms with Gasteiger partial charge in [0.15, 0.2) is 11.5 Å². The highest BCUT2D eigenvalue weighted by atomic mass is 16.5. The van der Waals surface area contributed by atoms with Gasteiger partial charge in [0.2, 0.25) is 5.78 Å². The maximum atomic E-state index is 13.3. The second-order valence-corrected chi connectivity index (χ2v) is 14.5. The fourth-order valence-corrected chi connectivity index (χ4v) is 6.56. The summed E-state index contributed by atoms with van der Waals surface area (Å²) in [6.45, 7) is 6.29. The van der Waals surface area contributed by atoms with Crippen LogP contribution in [0.15, 0.2) is 63.1 Å². The molecule has 1 heterocycles. The number of aliphatic hydroxyl groups is 1. The smallest absolute Gasteiger partial charge is 0.325 e. The van der Waals surface area contributed by atoms with E-state index in [1.165, 1.54) is 119 Å². The molecule has 0 atom stereocenters. The lowest BCUT2D eigenvalue weighted by atomic mass is 9.82. The van der Waals surface area contributed by atoms with Crippen LogP contribution in [0.25, 0.3) is 6.08 Å². The van der Waals surface area contributed by atoms with E-state index in [-0.39, 0.29) is 48.8 Å². The Hall–Kier alpha value is -4.21. The summed E-state index contributed by atoms with van der Waals surface area (Å²) in [5.41, 5.74) is 0.987. The maximum Gasteiger partial charge on any atom is 0.325 e. The van der Waals surface area contributed by atoms with E-state index in [0.717, 1.165) is 38.5 Å². The van der Waals surface area contributed by atoms with Crippen molar-refractivity contribution in [3.05, 3.63) is 70.0 Å². The molecule has 2 aliphatic carbocycles. The second-order valence-electron chi connectivity index (χ2n) is 14.5. The third kappa shape index (κ3) is 16.0. The molecule has 0 aromatic carbocycles. The van der Waals surface area contributed by atoms with Gasteiger partial charge in [-0.3, -0.25) is 19.2 Å². The molecular weight excluding hydrogens is 684 g/mol. The molecule has 54 heavy (non-hydrogen) atoms. The van der Waals surface area contributed by atoms with E-state index in [9.17, 15) is 24.3 Å². The molecule has 0 bridgehead atoms. The first-order chi connectivity index (χ1) is 26.2. The summed E-state index contributed by atoms with van der Waals surface area (Å²) in [6, 6.07) is 1.68. The molecule has 0 radical (unpaired) electrons. The van der Waals surface area contributed by atoms with E-state index >= 15 is 0 Å². The van der Waals surface area contributed by atoms with Gasteiger partial charge in [0.1, 0.15) is 18.8 Å². The average molecular weight is 749 g/mol. The van der Waals surface area contributed by atoms with Gasteiger partial charge in [-0.05, 0) is 44.1 Å². The molecule has 2 aliphatic rings. The third-order valence-electron chi connectivity index (χ3n) is 9.79. The number of allylic oxidation sites excluding steroid dienone is 7. The van der Waals surface area contributed by atoms with Gasteiger partial charge in [-0.1, -0.05) is 135 Å². The fraction of sp³-hybridized carbons (Fsp3) is 0.614. The number of aliphatic hydroxyl groups excluding tert-OH is 1. The number of rotatable bonds is 29. The van der Waals surface area contributed by atoms with Crippen LogP contribution in [0.4, 0.5) is 0 Å². The van der Waals surface area contributed by atoms with Gasteiger partial charge in [-0.15, -0.1) is 0 Å². The number of ketones is 2. The first kappa shape index (κ1) is 44.2. The standard InChI is InChI=1S/C44H64N2O8/c1-4-6-8-10-12-14-16-18-20-22-28-52-40(48)32-46(33-41(49)53-29-23-21-19-17-15-13-11-9-7-5-2)35-24-26-37(39(47)31-35)42-43(50)38(44(42)51)27-25-36-30-34(3)45-54-36/h24-27,30-31,50H,4-23,28-29,32-33H2,1-3H3/b27-25+,42-37?. The Kier molecular flexibility index (Phi) is 21.1. The van der Waals surface area contributed by atoms with Crippen molar-refractivity contribution in [3.8, 4) is 0 Å². The molecule has 0 fully saturated rings. The predicted octanol–water partition coefficient (Wildman–Crippen LogP) is 9.94. The van der Waals surface area contributed by atoms with Gasteiger partial charge in [0, 0.05) is 23.4 Å². The van der Waals surface area contributed by atoms with Crippen molar-refractivity contribution >= 4 is 29.6 Å². The molecule has 1 aromatic heterocycles. The summed E-state index contributed by atoms with van der Waals surface area (Å²) in [7, 11) is 0. The number of nitrogens with zero attached hydrogens (tertiary/aromatic N) is 2. The molecule has 10 heteroatoms. The highest BCUT2D eigenvalue weighted by Gasteiger charge is 2.36. The lowest BCUT2D eigenvalue weighted by molar-refractivity contribution is -0.148. The van der Waals surface area contributed by atoms with Crippen molar-refractivity contribution in [2.24, 2.45) is 0 Å². The Morgan fingerprint density at radius 1 is 0.722 bits per heavy atom. The summed E-state index contributed by atoms with van der Waals surface area (Å²) >= 11 is 0. The SMILES string of the molecule is CCCCCCCCCCCCOC(=O)CN(CC(=O)OCCCCCCCCCCCC)C1=CC(=O)C(=C2C(=O)C(/C=C/c3cc(C)no3)=C2O)C=C1. The summed E-state index contributed by atoms with van der Waals surface area (Å²) < 4.78 is 16.1. The molecule has 0 unspecified atom stereocenters. The minimum absolute atomic E-state index is 0.0286. The highest BCUT2D eigenvalue weighted by molar-refractivity contribution is 6.26. The number of carbonyl (C=O) groups is 4.